The fourth-order valence-corrected chi connectivity index (χ4v) is 2.70. The van der Waals surface area contributed by atoms with Crippen molar-refractivity contribution < 1.29 is 4.74 Å². The van der Waals surface area contributed by atoms with Gasteiger partial charge in [-0.1, -0.05) is 6.07 Å². The Balaban J connectivity index is 1.59. The molecule has 1 aromatic heterocycles. The van der Waals surface area contributed by atoms with E-state index in [0.29, 0.717) is 6.61 Å². The number of aryl methyl sites for hydroxylation is 3. The second-order valence-corrected chi connectivity index (χ2v) is 5.15. The third-order valence-corrected chi connectivity index (χ3v) is 3.84. The number of ether oxygens (including phenoxy) is 1. The first-order valence-electron chi connectivity index (χ1n) is 7.05. The van der Waals surface area contributed by atoms with Gasteiger partial charge in [-0.2, -0.15) is 0 Å². The van der Waals surface area contributed by atoms with E-state index in [9.17, 15) is 0 Å². The van der Waals surface area contributed by atoms with Crippen molar-refractivity contribution in [2.75, 3.05) is 6.61 Å². The summed E-state index contributed by atoms with van der Waals surface area (Å²) in [4.78, 5) is 4.21. The van der Waals surface area contributed by atoms with E-state index < -0.39 is 0 Å². The lowest BCUT2D eigenvalue weighted by atomic mass is 9.92. The molecule has 0 amide bonds. The minimum Gasteiger partial charge on any atom is -0.492 e. The van der Waals surface area contributed by atoms with Crippen LogP contribution in [0.1, 0.15) is 29.8 Å². The van der Waals surface area contributed by atoms with E-state index in [1.165, 1.54) is 36.8 Å². The summed E-state index contributed by atoms with van der Waals surface area (Å²) in [7, 11) is 0. The third kappa shape index (κ3) is 2.80. The molecule has 0 radical (unpaired) electrons. The van der Waals surface area contributed by atoms with E-state index in [1.807, 2.05) is 19.3 Å². The first-order valence-corrected chi connectivity index (χ1v) is 7.05. The smallest absolute Gasteiger partial charge is 0.119 e. The van der Waals surface area contributed by atoms with E-state index >= 15 is 0 Å². The molecule has 3 nitrogen and oxygen atoms in total. The number of fused-ring (bicyclic) bond motifs is 1. The van der Waals surface area contributed by atoms with Gasteiger partial charge in [0.05, 0.1) is 6.54 Å². The van der Waals surface area contributed by atoms with Crippen molar-refractivity contribution in [2.45, 2.75) is 39.2 Å². The summed E-state index contributed by atoms with van der Waals surface area (Å²) in [5.41, 5.74) is 2.98. The first kappa shape index (κ1) is 12.3. The molecule has 0 fully saturated rings. The zero-order valence-electron chi connectivity index (χ0n) is 11.4. The normalized spacial score (nSPS) is 14.2. The maximum atomic E-state index is 5.85. The SMILES string of the molecule is Cc1nccn1CCOc1ccc2c(c1)CCCC2. The van der Waals surface area contributed by atoms with Gasteiger partial charge in [0.1, 0.15) is 18.2 Å². The standard InChI is InChI=1S/C16H20N2O/c1-13-17-8-9-18(13)10-11-19-16-7-6-14-4-2-3-5-15(14)12-16/h6-9,12H,2-5,10-11H2,1H3. The molecule has 0 N–H and O–H groups in total. The van der Waals surface area contributed by atoms with Gasteiger partial charge in [-0.3, -0.25) is 0 Å². The zero-order chi connectivity index (χ0) is 13.1. The average Bonchev–Trinajstić information content (AvgIpc) is 2.84. The van der Waals surface area contributed by atoms with Gasteiger partial charge in [0.25, 0.3) is 0 Å². The highest BCUT2D eigenvalue weighted by Crippen LogP contribution is 2.25. The van der Waals surface area contributed by atoms with Crippen molar-refractivity contribution in [3.05, 3.63) is 47.5 Å². The summed E-state index contributed by atoms with van der Waals surface area (Å²) in [5, 5.41) is 0. The van der Waals surface area contributed by atoms with Crippen LogP contribution in [0.4, 0.5) is 0 Å². The maximum absolute atomic E-state index is 5.85. The molecule has 3 heteroatoms. The van der Waals surface area contributed by atoms with E-state index in [0.717, 1.165) is 18.1 Å². The Hall–Kier alpha value is -1.77. The lowest BCUT2D eigenvalue weighted by Crippen LogP contribution is -2.09. The Kier molecular flexibility index (Phi) is 3.53. The Bertz CT molecular complexity index is 560. The van der Waals surface area contributed by atoms with Gasteiger partial charge in [0.15, 0.2) is 0 Å². The predicted octanol–water partition coefficient (Wildman–Crippen LogP) is 3.15. The molecule has 0 saturated heterocycles. The average molecular weight is 256 g/mol. The first-order chi connectivity index (χ1) is 9.33. The molecule has 3 rings (SSSR count). The largest absolute Gasteiger partial charge is 0.492 e. The molecular formula is C16H20N2O. The minimum absolute atomic E-state index is 0.690. The number of rotatable bonds is 4. The second-order valence-electron chi connectivity index (χ2n) is 5.15. The maximum Gasteiger partial charge on any atom is 0.119 e. The molecule has 1 aliphatic carbocycles. The Morgan fingerprint density at radius 2 is 2.05 bits per heavy atom. The van der Waals surface area contributed by atoms with Gasteiger partial charge < -0.3 is 9.30 Å². The van der Waals surface area contributed by atoms with Crippen LogP contribution >= 0.6 is 0 Å². The van der Waals surface area contributed by atoms with Gasteiger partial charge in [-0.25, -0.2) is 4.98 Å². The fraction of sp³-hybridized carbons (Fsp3) is 0.438. The van der Waals surface area contributed by atoms with Gasteiger partial charge in [-0.05, 0) is 55.9 Å². The highest BCUT2D eigenvalue weighted by atomic mass is 16.5. The van der Waals surface area contributed by atoms with Crippen LogP contribution in [0, 0.1) is 6.92 Å². The van der Waals surface area contributed by atoms with Crippen molar-refractivity contribution >= 4 is 0 Å². The quantitative estimate of drug-likeness (QED) is 0.840. The number of imidazole rings is 1. The number of hydrogen-bond donors (Lipinski definition) is 0. The molecular weight excluding hydrogens is 236 g/mol. The highest BCUT2D eigenvalue weighted by molar-refractivity contribution is 5.37. The Labute approximate surface area is 114 Å². The van der Waals surface area contributed by atoms with E-state index in [-0.39, 0.29) is 0 Å². The van der Waals surface area contributed by atoms with Crippen LogP contribution in [-0.4, -0.2) is 16.2 Å². The number of aromatic nitrogens is 2. The van der Waals surface area contributed by atoms with Crippen molar-refractivity contribution in [3.8, 4) is 5.75 Å². The summed E-state index contributed by atoms with van der Waals surface area (Å²) in [6.07, 6.45) is 8.88. The molecule has 100 valence electrons. The van der Waals surface area contributed by atoms with E-state index in [4.69, 9.17) is 4.74 Å². The number of nitrogens with zero attached hydrogens (tertiary/aromatic N) is 2. The summed E-state index contributed by atoms with van der Waals surface area (Å²) in [6.45, 7) is 3.55. The fourth-order valence-electron chi connectivity index (χ4n) is 2.70. The molecule has 0 saturated carbocycles. The van der Waals surface area contributed by atoms with Gasteiger partial charge in [0, 0.05) is 12.4 Å². The lowest BCUT2D eigenvalue weighted by Gasteiger charge is -2.17. The van der Waals surface area contributed by atoms with Crippen LogP contribution < -0.4 is 4.74 Å². The van der Waals surface area contributed by atoms with Crippen molar-refractivity contribution in [3.63, 3.8) is 0 Å². The minimum atomic E-state index is 0.690. The molecule has 1 heterocycles. The molecule has 0 unspecified atom stereocenters. The number of hydrogen-bond acceptors (Lipinski definition) is 2. The van der Waals surface area contributed by atoms with Crippen LogP contribution in [0.15, 0.2) is 30.6 Å². The zero-order valence-corrected chi connectivity index (χ0v) is 11.4. The van der Waals surface area contributed by atoms with E-state index in [1.54, 1.807) is 0 Å². The highest BCUT2D eigenvalue weighted by Gasteiger charge is 2.09. The molecule has 1 aliphatic rings. The second kappa shape index (κ2) is 5.47. The van der Waals surface area contributed by atoms with Crippen LogP contribution in [-0.2, 0) is 19.4 Å². The molecule has 0 bridgehead atoms. The summed E-state index contributed by atoms with van der Waals surface area (Å²) in [5.74, 6) is 2.03. The van der Waals surface area contributed by atoms with Crippen molar-refractivity contribution in [1.82, 2.24) is 9.55 Å². The molecule has 2 aromatic rings. The predicted molar refractivity (Wildman–Crippen MR) is 75.5 cm³/mol. The van der Waals surface area contributed by atoms with Crippen molar-refractivity contribution in [2.24, 2.45) is 0 Å². The molecule has 19 heavy (non-hydrogen) atoms. The molecule has 0 atom stereocenters. The Morgan fingerprint density at radius 1 is 1.21 bits per heavy atom. The summed E-state index contributed by atoms with van der Waals surface area (Å²) in [6, 6.07) is 6.55. The van der Waals surface area contributed by atoms with Crippen LogP contribution in [0.3, 0.4) is 0 Å². The molecule has 1 aromatic carbocycles. The van der Waals surface area contributed by atoms with Gasteiger partial charge in [-0.15, -0.1) is 0 Å². The van der Waals surface area contributed by atoms with E-state index in [2.05, 4.69) is 27.8 Å². The molecule has 0 spiro atoms. The number of benzene rings is 1. The molecule has 0 aliphatic heterocycles. The van der Waals surface area contributed by atoms with Crippen molar-refractivity contribution in [1.29, 1.82) is 0 Å². The lowest BCUT2D eigenvalue weighted by molar-refractivity contribution is 0.296. The van der Waals surface area contributed by atoms with Gasteiger partial charge in [0.2, 0.25) is 0 Å². The van der Waals surface area contributed by atoms with Crippen LogP contribution in [0.2, 0.25) is 0 Å². The van der Waals surface area contributed by atoms with Gasteiger partial charge >= 0.3 is 0 Å². The monoisotopic (exact) mass is 256 g/mol. The Morgan fingerprint density at radius 3 is 2.84 bits per heavy atom. The topological polar surface area (TPSA) is 27.1 Å². The third-order valence-electron chi connectivity index (χ3n) is 3.84. The van der Waals surface area contributed by atoms with Crippen LogP contribution in [0.5, 0.6) is 5.75 Å². The summed E-state index contributed by atoms with van der Waals surface area (Å²) >= 11 is 0. The summed E-state index contributed by atoms with van der Waals surface area (Å²) < 4.78 is 7.96. The van der Waals surface area contributed by atoms with Crippen LogP contribution in [0.25, 0.3) is 0 Å².